The highest BCUT2D eigenvalue weighted by atomic mass is 79.9. The molecule has 5 heteroatoms. The number of hydrogen-bond donors (Lipinski definition) is 0. The van der Waals surface area contributed by atoms with Crippen LogP contribution in [-0.2, 0) is 13.6 Å². The monoisotopic (exact) mass is 514 g/mol. The molecule has 0 saturated carbocycles. The third-order valence-electron chi connectivity index (χ3n) is 6.87. The summed E-state index contributed by atoms with van der Waals surface area (Å²) in [6.45, 7) is 7.53. The van der Waals surface area contributed by atoms with Crippen LogP contribution in [0.25, 0.3) is 33.5 Å². The maximum Gasteiger partial charge on any atom is 0.140 e. The molecule has 2 heterocycles. The fraction of sp³-hybridized carbons (Fsp3) is 0.310. The molecule has 174 valence electrons. The van der Waals surface area contributed by atoms with Gasteiger partial charge in [-0.3, -0.25) is 0 Å². The fourth-order valence-electron chi connectivity index (χ4n) is 5.06. The molecule has 0 fully saturated rings. The first-order chi connectivity index (χ1) is 16.5. The number of benzene rings is 3. The summed E-state index contributed by atoms with van der Waals surface area (Å²) in [5, 5.41) is 0. The summed E-state index contributed by atoms with van der Waals surface area (Å²) >= 11 is 3.57. The van der Waals surface area contributed by atoms with Gasteiger partial charge < -0.3 is 9.13 Å². The van der Waals surface area contributed by atoms with Crippen LogP contribution in [0, 0.1) is 6.92 Å². The first-order valence-corrected chi connectivity index (χ1v) is 13.0. The van der Waals surface area contributed by atoms with E-state index < -0.39 is 0 Å². The Labute approximate surface area is 209 Å². The van der Waals surface area contributed by atoms with Crippen molar-refractivity contribution in [2.45, 2.75) is 52.5 Å². The van der Waals surface area contributed by atoms with Crippen molar-refractivity contribution in [1.29, 1.82) is 0 Å². The van der Waals surface area contributed by atoms with Gasteiger partial charge in [0.05, 0.1) is 22.1 Å². The molecule has 0 aliphatic rings. The quantitative estimate of drug-likeness (QED) is 0.220. The molecule has 0 aliphatic heterocycles. The standard InChI is InChI=1S/C29H31BrN4/c1-5-9-21(6-2)29-32-27-19(3)16-22(28-31-24-10-7-8-11-25(24)33(28)4)17-26(27)34(29)18-20-12-14-23(30)15-13-20/h7-8,10-17,21H,5-6,9,18H2,1-4H3. The predicted octanol–water partition coefficient (Wildman–Crippen LogP) is 8.00. The molecule has 0 N–H and O–H groups in total. The Morgan fingerprint density at radius 1 is 0.941 bits per heavy atom. The highest BCUT2D eigenvalue weighted by Gasteiger charge is 2.21. The van der Waals surface area contributed by atoms with Crippen LogP contribution < -0.4 is 0 Å². The molecule has 5 aromatic rings. The predicted molar refractivity (Wildman–Crippen MR) is 145 cm³/mol. The van der Waals surface area contributed by atoms with Gasteiger partial charge in [-0.15, -0.1) is 0 Å². The van der Waals surface area contributed by atoms with Crippen molar-refractivity contribution in [3.05, 3.63) is 82.1 Å². The lowest BCUT2D eigenvalue weighted by molar-refractivity contribution is 0.540. The van der Waals surface area contributed by atoms with Crippen molar-refractivity contribution in [2.75, 3.05) is 0 Å². The first kappa shape index (κ1) is 22.9. The van der Waals surface area contributed by atoms with Crippen LogP contribution in [0.3, 0.4) is 0 Å². The first-order valence-electron chi connectivity index (χ1n) is 12.2. The lowest BCUT2D eigenvalue weighted by Gasteiger charge is -2.17. The summed E-state index contributed by atoms with van der Waals surface area (Å²) in [6, 6.07) is 21.5. The van der Waals surface area contributed by atoms with E-state index in [0.29, 0.717) is 5.92 Å². The molecule has 0 radical (unpaired) electrons. The molecule has 1 unspecified atom stereocenters. The largest absolute Gasteiger partial charge is 0.327 e. The average Bonchev–Trinajstić information content (AvgIpc) is 3.37. The Morgan fingerprint density at radius 3 is 2.41 bits per heavy atom. The molecule has 0 spiro atoms. The second-order valence-corrected chi connectivity index (χ2v) is 10.1. The lowest BCUT2D eigenvalue weighted by Crippen LogP contribution is -2.10. The van der Waals surface area contributed by atoms with E-state index in [2.05, 4.69) is 107 Å². The number of nitrogens with zero attached hydrogens (tertiary/aromatic N) is 4. The number of aromatic nitrogens is 4. The minimum atomic E-state index is 0.450. The SMILES string of the molecule is CCCC(CC)c1nc2c(C)cc(-c3nc4ccccc4n3C)cc2n1Cc1ccc(Br)cc1. The minimum Gasteiger partial charge on any atom is -0.327 e. The molecule has 0 amide bonds. The maximum absolute atomic E-state index is 5.24. The number of imidazole rings is 2. The summed E-state index contributed by atoms with van der Waals surface area (Å²) in [7, 11) is 2.10. The molecule has 34 heavy (non-hydrogen) atoms. The van der Waals surface area contributed by atoms with Gasteiger partial charge in [-0.05, 0) is 67.3 Å². The Hall–Kier alpha value is -2.92. The molecule has 2 aromatic heterocycles. The second-order valence-electron chi connectivity index (χ2n) is 9.22. The molecule has 5 rings (SSSR count). The van der Waals surface area contributed by atoms with Crippen molar-refractivity contribution in [2.24, 2.45) is 7.05 Å². The molecular weight excluding hydrogens is 484 g/mol. The summed E-state index contributed by atoms with van der Waals surface area (Å²) in [5.41, 5.74) is 8.07. The average molecular weight is 515 g/mol. The van der Waals surface area contributed by atoms with E-state index in [9.17, 15) is 0 Å². The Morgan fingerprint density at radius 2 is 1.71 bits per heavy atom. The lowest BCUT2D eigenvalue weighted by atomic mass is 10.00. The van der Waals surface area contributed by atoms with Gasteiger partial charge in [0.2, 0.25) is 0 Å². The summed E-state index contributed by atoms with van der Waals surface area (Å²) in [5.74, 6) is 2.64. The smallest absolute Gasteiger partial charge is 0.140 e. The van der Waals surface area contributed by atoms with E-state index in [4.69, 9.17) is 9.97 Å². The Balaban J connectivity index is 1.72. The van der Waals surface area contributed by atoms with Crippen LogP contribution in [0.1, 0.15) is 56.0 Å². The zero-order valence-corrected chi connectivity index (χ0v) is 21.9. The highest BCUT2D eigenvalue weighted by Crippen LogP contribution is 2.34. The molecule has 1 atom stereocenters. The molecular formula is C29H31BrN4. The third kappa shape index (κ3) is 4.07. The fourth-order valence-corrected chi connectivity index (χ4v) is 5.32. The van der Waals surface area contributed by atoms with Crippen LogP contribution >= 0.6 is 15.9 Å². The Kier molecular flexibility index (Phi) is 6.30. The van der Waals surface area contributed by atoms with E-state index in [-0.39, 0.29) is 0 Å². The molecule has 4 nitrogen and oxygen atoms in total. The van der Waals surface area contributed by atoms with Gasteiger partial charge in [-0.25, -0.2) is 9.97 Å². The van der Waals surface area contributed by atoms with Gasteiger partial charge in [-0.2, -0.15) is 0 Å². The van der Waals surface area contributed by atoms with Crippen molar-refractivity contribution < 1.29 is 0 Å². The van der Waals surface area contributed by atoms with Crippen LogP contribution in [0.4, 0.5) is 0 Å². The Bertz CT molecular complexity index is 1460. The molecule has 0 saturated heterocycles. The van der Waals surface area contributed by atoms with E-state index in [0.717, 1.165) is 58.2 Å². The van der Waals surface area contributed by atoms with Gasteiger partial charge in [0.25, 0.3) is 0 Å². The molecule has 0 bridgehead atoms. The van der Waals surface area contributed by atoms with Gasteiger partial charge in [0.1, 0.15) is 11.6 Å². The van der Waals surface area contributed by atoms with E-state index in [1.54, 1.807) is 0 Å². The summed E-state index contributed by atoms with van der Waals surface area (Å²) in [6.07, 6.45) is 3.40. The van der Waals surface area contributed by atoms with Crippen LogP contribution in [0.15, 0.2) is 65.1 Å². The number of aryl methyl sites for hydroxylation is 2. The number of fused-ring (bicyclic) bond motifs is 2. The summed E-state index contributed by atoms with van der Waals surface area (Å²) < 4.78 is 5.74. The number of para-hydroxylation sites is 2. The van der Waals surface area contributed by atoms with Crippen molar-refractivity contribution >= 4 is 38.0 Å². The molecule has 3 aromatic carbocycles. The van der Waals surface area contributed by atoms with Crippen LogP contribution in [-0.4, -0.2) is 19.1 Å². The van der Waals surface area contributed by atoms with E-state index >= 15 is 0 Å². The van der Waals surface area contributed by atoms with E-state index in [1.165, 1.54) is 22.5 Å². The number of halogens is 1. The van der Waals surface area contributed by atoms with Gasteiger partial charge in [-0.1, -0.05) is 60.5 Å². The zero-order chi connectivity index (χ0) is 23.8. The third-order valence-corrected chi connectivity index (χ3v) is 7.40. The minimum absolute atomic E-state index is 0.450. The normalized spacial score (nSPS) is 12.6. The number of rotatable bonds is 7. The maximum atomic E-state index is 5.24. The van der Waals surface area contributed by atoms with Crippen molar-refractivity contribution in [3.63, 3.8) is 0 Å². The van der Waals surface area contributed by atoms with Crippen molar-refractivity contribution in [1.82, 2.24) is 19.1 Å². The van der Waals surface area contributed by atoms with Gasteiger partial charge in [0.15, 0.2) is 0 Å². The molecule has 0 aliphatic carbocycles. The topological polar surface area (TPSA) is 35.6 Å². The summed E-state index contributed by atoms with van der Waals surface area (Å²) in [4.78, 5) is 10.2. The number of hydrogen-bond acceptors (Lipinski definition) is 2. The van der Waals surface area contributed by atoms with Gasteiger partial charge >= 0.3 is 0 Å². The van der Waals surface area contributed by atoms with E-state index in [1.807, 2.05) is 6.07 Å². The second kappa shape index (κ2) is 9.38. The van der Waals surface area contributed by atoms with Crippen molar-refractivity contribution in [3.8, 4) is 11.4 Å². The van der Waals surface area contributed by atoms with Crippen LogP contribution in [0.2, 0.25) is 0 Å². The zero-order valence-electron chi connectivity index (χ0n) is 20.3. The van der Waals surface area contributed by atoms with Gasteiger partial charge in [0, 0.05) is 29.5 Å². The van der Waals surface area contributed by atoms with Crippen LogP contribution in [0.5, 0.6) is 0 Å². The highest BCUT2D eigenvalue weighted by molar-refractivity contribution is 9.10.